The molecule has 4 nitrogen and oxygen atoms in total. The number of hydrogen-bond acceptors (Lipinski definition) is 3. The zero-order valence-electron chi connectivity index (χ0n) is 14.0. The summed E-state index contributed by atoms with van der Waals surface area (Å²) in [6.45, 7) is 8.06. The molecule has 0 spiro atoms. The maximum atomic E-state index is 12.5. The molecule has 0 aliphatic carbocycles. The van der Waals surface area contributed by atoms with Crippen molar-refractivity contribution in [2.45, 2.75) is 32.6 Å². The molecule has 0 heterocycles. The van der Waals surface area contributed by atoms with Crippen molar-refractivity contribution in [2.24, 2.45) is 0 Å². The molecule has 0 aliphatic rings. The summed E-state index contributed by atoms with van der Waals surface area (Å²) >= 11 is 0. The number of nitrogens with one attached hydrogen (secondary N) is 1. The SMILES string of the molecule is Cc1cc(C)c(S(=O)(=O)NCCOc2ccccc2C)c(C)c1. The molecule has 0 saturated carbocycles. The molecule has 1 N–H and O–H groups in total. The van der Waals surface area contributed by atoms with Gasteiger partial charge in [0.05, 0.1) is 4.90 Å². The molecule has 0 fully saturated rings. The van der Waals surface area contributed by atoms with Gasteiger partial charge in [-0.2, -0.15) is 0 Å². The standard InChI is InChI=1S/C18H23NO3S/c1-13-11-15(3)18(16(4)12-13)23(20,21)19-9-10-22-17-8-6-5-7-14(17)2/h5-8,11-12,19H,9-10H2,1-4H3. The second kappa shape index (κ2) is 7.15. The highest BCUT2D eigenvalue weighted by Crippen LogP contribution is 2.21. The molecule has 124 valence electrons. The average Bonchev–Trinajstić information content (AvgIpc) is 2.43. The first kappa shape index (κ1) is 17.5. The maximum absolute atomic E-state index is 12.5. The number of para-hydroxylation sites is 1. The molecule has 0 unspecified atom stereocenters. The summed E-state index contributed by atoms with van der Waals surface area (Å²) in [4.78, 5) is 0.360. The van der Waals surface area contributed by atoms with Gasteiger partial charge in [0.15, 0.2) is 0 Å². The first-order valence-electron chi connectivity index (χ1n) is 7.57. The summed E-state index contributed by atoms with van der Waals surface area (Å²) in [6, 6.07) is 11.4. The highest BCUT2D eigenvalue weighted by Gasteiger charge is 2.19. The topological polar surface area (TPSA) is 55.4 Å². The van der Waals surface area contributed by atoms with Crippen LogP contribution >= 0.6 is 0 Å². The number of benzene rings is 2. The highest BCUT2D eigenvalue weighted by atomic mass is 32.2. The zero-order chi connectivity index (χ0) is 17.0. The Morgan fingerprint density at radius 3 is 2.17 bits per heavy atom. The Hall–Kier alpha value is -1.85. The fraction of sp³-hybridized carbons (Fsp3) is 0.333. The van der Waals surface area contributed by atoms with E-state index in [-0.39, 0.29) is 13.2 Å². The normalized spacial score (nSPS) is 11.5. The Bertz CT molecular complexity index is 775. The van der Waals surface area contributed by atoms with Crippen LogP contribution in [0.2, 0.25) is 0 Å². The molecule has 23 heavy (non-hydrogen) atoms. The van der Waals surface area contributed by atoms with Crippen LogP contribution in [0, 0.1) is 27.7 Å². The lowest BCUT2D eigenvalue weighted by atomic mass is 10.1. The van der Waals surface area contributed by atoms with E-state index in [0.29, 0.717) is 4.90 Å². The molecule has 0 atom stereocenters. The molecular formula is C18H23NO3S. The average molecular weight is 333 g/mol. The van der Waals surface area contributed by atoms with E-state index in [1.807, 2.05) is 64.1 Å². The van der Waals surface area contributed by atoms with Crippen molar-refractivity contribution in [1.29, 1.82) is 0 Å². The summed E-state index contributed by atoms with van der Waals surface area (Å²) in [6.07, 6.45) is 0. The molecule has 2 aromatic rings. The third-order valence-electron chi connectivity index (χ3n) is 3.62. The van der Waals surface area contributed by atoms with E-state index in [2.05, 4.69) is 4.72 Å². The van der Waals surface area contributed by atoms with Gasteiger partial charge in [-0.1, -0.05) is 35.9 Å². The lowest BCUT2D eigenvalue weighted by molar-refractivity contribution is 0.320. The minimum absolute atomic E-state index is 0.226. The number of aryl methyl sites for hydroxylation is 4. The van der Waals surface area contributed by atoms with Crippen molar-refractivity contribution < 1.29 is 13.2 Å². The van der Waals surface area contributed by atoms with Crippen molar-refractivity contribution in [3.8, 4) is 5.75 Å². The maximum Gasteiger partial charge on any atom is 0.241 e. The summed E-state index contributed by atoms with van der Waals surface area (Å²) in [7, 11) is -3.53. The predicted octanol–water partition coefficient (Wildman–Crippen LogP) is 3.28. The van der Waals surface area contributed by atoms with Crippen LogP contribution < -0.4 is 9.46 Å². The van der Waals surface area contributed by atoms with Crippen LogP contribution in [-0.4, -0.2) is 21.6 Å². The lowest BCUT2D eigenvalue weighted by Gasteiger charge is -2.14. The van der Waals surface area contributed by atoms with E-state index >= 15 is 0 Å². The molecule has 2 rings (SSSR count). The number of rotatable bonds is 6. The van der Waals surface area contributed by atoms with Gasteiger partial charge in [-0.15, -0.1) is 0 Å². The van der Waals surface area contributed by atoms with E-state index in [0.717, 1.165) is 28.0 Å². The minimum atomic E-state index is -3.53. The van der Waals surface area contributed by atoms with Gasteiger partial charge in [-0.3, -0.25) is 0 Å². The Morgan fingerprint density at radius 1 is 0.957 bits per heavy atom. The van der Waals surface area contributed by atoms with Crippen molar-refractivity contribution in [3.63, 3.8) is 0 Å². The lowest BCUT2D eigenvalue weighted by Crippen LogP contribution is -2.29. The fourth-order valence-corrected chi connectivity index (χ4v) is 4.18. The van der Waals surface area contributed by atoms with E-state index in [9.17, 15) is 8.42 Å². The van der Waals surface area contributed by atoms with Gasteiger partial charge in [0, 0.05) is 6.54 Å². The Kier molecular flexibility index (Phi) is 5.44. The number of hydrogen-bond donors (Lipinski definition) is 1. The molecule has 0 radical (unpaired) electrons. The molecule has 2 aromatic carbocycles. The largest absolute Gasteiger partial charge is 0.492 e. The van der Waals surface area contributed by atoms with E-state index in [1.54, 1.807) is 0 Å². The smallest absolute Gasteiger partial charge is 0.241 e. The molecule has 0 aromatic heterocycles. The molecular weight excluding hydrogens is 310 g/mol. The van der Waals surface area contributed by atoms with E-state index < -0.39 is 10.0 Å². The third-order valence-corrected chi connectivity index (χ3v) is 5.38. The fourth-order valence-electron chi connectivity index (χ4n) is 2.72. The number of ether oxygens (including phenoxy) is 1. The van der Waals surface area contributed by atoms with E-state index in [1.165, 1.54) is 0 Å². The van der Waals surface area contributed by atoms with Gasteiger partial charge in [0.25, 0.3) is 0 Å². The van der Waals surface area contributed by atoms with Gasteiger partial charge in [0.1, 0.15) is 12.4 Å². The first-order valence-corrected chi connectivity index (χ1v) is 9.05. The van der Waals surface area contributed by atoms with Crippen LogP contribution in [0.1, 0.15) is 22.3 Å². The van der Waals surface area contributed by atoms with Crippen LogP contribution in [0.25, 0.3) is 0 Å². The summed E-state index contributed by atoms with van der Waals surface area (Å²) < 4.78 is 33.2. The van der Waals surface area contributed by atoms with Gasteiger partial charge < -0.3 is 4.74 Å². The predicted molar refractivity (Wildman–Crippen MR) is 92.5 cm³/mol. The van der Waals surface area contributed by atoms with Crippen LogP contribution in [0.5, 0.6) is 5.75 Å². The van der Waals surface area contributed by atoms with Crippen LogP contribution in [0.3, 0.4) is 0 Å². The van der Waals surface area contributed by atoms with Gasteiger partial charge in [-0.25, -0.2) is 13.1 Å². The third kappa shape index (κ3) is 4.33. The summed E-state index contributed by atoms with van der Waals surface area (Å²) in [5.41, 5.74) is 3.60. The molecule has 0 amide bonds. The van der Waals surface area contributed by atoms with Crippen LogP contribution in [0.4, 0.5) is 0 Å². The van der Waals surface area contributed by atoms with Gasteiger partial charge in [-0.05, 0) is 50.5 Å². The van der Waals surface area contributed by atoms with Gasteiger partial charge >= 0.3 is 0 Å². The summed E-state index contributed by atoms with van der Waals surface area (Å²) in [5.74, 6) is 0.773. The Morgan fingerprint density at radius 2 is 1.57 bits per heavy atom. The molecule has 0 aliphatic heterocycles. The van der Waals surface area contributed by atoms with E-state index in [4.69, 9.17) is 4.74 Å². The molecule has 5 heteroatoms. The van der Waals surface area contributed by atoms with Crippen molar-refractivity contribution in [3.05, 3.63) is 58.7 Å². The van der Waals surface area contributed by atoms with Crippen molar-refractivity contribution in [1.82, 2.24) is 4.72 Å². The minimum Gasteiger partial charge on any atom is -0.492 e. The molecule has 0 bridgehead atoms. The van der Waals surface area contributed by atoms with Crippen molar-refractivity contribution >= 4 is 10.0 Å². The van der Waals surface area contributed by atoms with Crippen molar-refractivity contribution in [2.75, 3.05) is 13.2 Å². The quantitative estimate of drug-likeness (QED) is 0.826. The van der Waals surface area contributed by atoms with Crippen LogP contribution in [0.15, 0.2) is 41.3 Å². The van der Waals surface area contributed by atoms with Crippen LogP contribution in [-0.2, 0) is 10.0 Å². The second-order valence-electron chi connectivity index (χ2n) is 5.74. The Balaban J connectivity index is 2.02. The monoisotopic (exact) mass is 333 g/mol. The highest BCUT2D eigenvalue weighted by molar-refractivity contribution is 7.89. The molecule has 0 saturated heterocycles. The number of sulfonamides is 1. The first-order chi connectivity index (χ1) is 10.8. The van der Waals surface area contributed by atoms with Gasteiger partial charge in [0.2, 0.25) is 10.0 Å². The second-order valence-corrected chi connectivity index (χ2v) is 7.44. The zero-order valence-corrected chi connectivity index (χ0v) is 14.8. The Labute approximate surface area is 138 Å². The summed E-state index contributed by atoms with van der Waals surface area (Å²) in [5, 5.41) is 0.